The van der Waals surface area contributed by atoms with Crippen LogP contribution < -0.4 is 16.4 Å². The molecule has 3 rings (SSSR count). The molecule has 0 aliphatic heterocycles. The van der Waals surface area contributed by atoms with Crippen LogP contribution in [0.15, 0.2) is 82.4 Å². The summed E-state index contributed by atoms with van der Waals surface area (Å²) in [5.74, 6) is 0.298. The van der Waals surface area contributed by atoms with Gasteiger partial charge in [0.2, 0.25) is 0 Å². The molecule has 0 aliphatic rings. The van der Waals surface area contributed by atoms with Gasteiger partial charge in [-0.05, 0) is 42.0 Å². The molecule has 6 nitrogen and oxygen atoms in total. The number of nitrogens with zero attached hydrogens (tertiary/aromatic N) is 1. The van der Waals surface area contributed by atoms with Crippen LogP contribution in [-0.4, -0.2) is 11.9 Å². The van der Waals surface area contributed by atoms with Crippen LogP contribution in [0.2, 0.25) is 0 Å². The fourth-order valence-electron chi connectivity index (χ4n) is 2.23. The third-order valence-corrected chi connectivity index (χ3v) is 3.41. The van der Waals surface area contributed by atoms with Gasteiger partial charge in [0.15, 0.2) is 11.7 Å². The molecule has 2 aromatic carbocycles. The van der Waals surface area contributed by atoms with E-state index >= 15 is 0 Å². The Kier molecular flexibility index (Phi) is 5.11. The van der Waals surface area contributed by atoms with E-state index in [9.17, 15) is 4.79 Å². The molecular formula is C19H18N4O2. The topological polar surface area (TPSA) is 92.6 Å². The lowest BCUT2D eigenvalue weighted by Gasteiger charge is -2.07. The lowest BCUT2D eigenvalue weighted by Crippen LogP contribution is -2.22. The van der Waals surface area contributed by atoms with Gasteiger partial charge in [0.05, 0.1) is 12.8 Å². The zero-order valence-electron chi connectivity index (χ0n) is 13.5. The van der Waals surface area contributed by atoms with Crippen molar-refractivity contribution in [2.75, 3.05) is 10.6 Å². The van der Waals surface area contributed by atoms with Gasteiger partial charge in [0, 0.05) is 11.4 Å². The second kappa shape index (κ2) is 7.83. The number of rotatable bonds is 5. The number of nitrogens with two attached hydrogens (primary N) is 1. The zero-order valence-corrected chi connectivity index (χ0v) is 13.5. The van der Waals surface area contributed by atoms with Crippen LogP contribution in [0.3, 0.4) is 0 Å². The number of para-hydroxylation sites is 1. The molecule has 0 saturated heterocycles. The van der Waals surface area contributed by atoms with Crippen LogP contribution in [0.5, 0.6) is 0 Å². The summed E-state index contributed by atoms with van der Waals surface area (Å²) in [6.45, 7) is 0.399. The summed E-state index contributed by atoms with van der Waals surface area (Å²) in [4.78, 5) is 16.3. The Bertz CT molecular complexity index is 858. The number of benzene rings is 2. The van der Waals surface area contributed by atoms with Gasteiger partial charge in [0.1, 0.15) is 0 Å². The Hall–Kier alpha value is -3.54. The van der Waals surface area contributed by atoms with Crippen molar-refractivity contribution >= 4 is 23.2 Å². The third kappa shape index (κ3) is 4.71. The number of carbonyl (C=O) groups excluding carboxylic acids is 1. The summed E-state index contributed by atoms with van der Waals surface area (Å²) in [5, 5.41) is 5.81. The van der Waals surface area contributed by atoms with Gasteiger partial charge in [-0.3, -0.25) is 4.79 Å². The summed E-state index contributed by atoms with van der Waals surface area (Å²) < 4.78 is 5.07. The van der Waals surface area contributed by atoms with Crippen molar-refractivity contribution in [3.8, 4) is 0 Å². The molecule has 0 bridgehead atoms. The Morgan fingerprint density at radius 2 is 1.76 bits per heavy atom. The Balaban J connectivity index is 1.61. The van der Waals surface area contributed by atoms with E-state index in [1.54, 1.807) is 18.2 Å². The van der Waals surface area contributed by atoms with Crippen molar-refractivity contribution in [3.05, 3.63) is 84.3 Å². The Morgan fingerprint density at radius 3 is 2.52 bits per heavy atom. The van der Waals surface area contributed by atoms with Crippen molar-refractivity contribution in [2.24, 2.45) is 10.7 Å². The molecule has 25 heavy (non-hydrogen) atoms. The average Bonchev–Trinajstić information content (AvgIpc) is 3.16. The minimum absolute atomic E-state index is 0.264. The van der Waals surface area contributed by atoms with Gasteiger partial charge >= 0.3 is 0 Å². The van der Waals surface area contributed by atoms with E-state index in [0.717, 1.165) is 11.3 Å². The molecule has 0 unspecified atom stereocenters. The predicted octanol–water partition coefficient (Wildman–Crippen LogP) is 3.46. The molecule has 6 heteroatoms. The molecule has 0 atom stereocenters. The zero-order chi connectivity index (χ0) is 17.5. The monoisotopic (exact) mass is 334 g/mol. The minimum atomic E-state index is -0.295. The summed E-state index contributed by atoms with van der Waals surface area (Å²) in [6.07, 6.45) is 1.46. The number of carbonyl (C=O) groups is 1. The van der Waals surface area contributed by atoms with Crippen LogP contribution in [-0.2, 0) is 6.54 Å². The lowest BCUT2D eigenvalue weighted by atomic mass is 10.2. The number of furan rings is 1. The van der Waals surface area contributed by atoms with E-state index in [0.29, 0.717) is 18.2 Å². The van der Waals surface area contributed by atoms with Crippen molar-refractivity contribution in [3.63, 3.8) is 0 Å². The van der Waals surface area contributed by atoms with Gasteiger partial charge in [-0.2, -0.15) is 0 Å². The number of nitrogens with one attached hydrogen (secondary N) is 2. The highest BCUT2D eigenvalue weighted by Crippen LogP contribution is 2.13. The number of amides is 1. The van der Waals surface area contributed by atoms with Crippen molar-refractivity contribution in [1.82, 2.24) is 0 Å². The second-order valence-corrected chi connectivity index (χ2v) is 5.32. The van der Waals surface area contributed by atoms with E-state index in [4.69, 9.17) is 10.2 Å². The average molecular weight is 334 g/mol. The summed E-state index contributed by atoms with van der Waals surface area (Å²) in [6, 6.07) is 20.3. The first-order chi connectivity index (χ1) is 12.2. The predicted molar refractivity (Wildman–Crippen MR) is 98.5 cm³/mol. The maximum absolute atomic E-state index is 12.0. The summed E-state index contributed by atoms with van der Waals surface area (Å²) in [5.41, 5.74) is 8.37. The molecule has 1 aromatic heterocycles. The number of hydrogen-bond donors (Lipinski definition) is 3. The first-order valence-corrected chi connectivity index (χ1v) is 7.76. The quantitative estimate of drug-likeness (QED) is 0.492. The molecule has 1 amide bonds. The van der Waals surface area contributed by atoms with E-state index in [1.807, 2.05) is 48.5 Å². The number of anilines is 2. The number of guanidine groups is 1. The van der Waals surface area contributed by atoms with Crippen molar-refractivity contribution in [2.45, 2.75) is 6.54 Å². The summed E-state index contributed by atoms with van der Waals surface area (Å²) in [7, 11) is 0. The van der Waals surface area contributed by atoms with Gasteiger partial charge in [-0.1, -0.05) is 30.3 Å². The fraction of sp³-hybridized carbons (Fsp3) is 0.0526. The molecule has 3 aromatic rings. The molecule has 0 saturated carbocycles. The fourth-order valence-corrected chi connectivity index (χ4v) is 2.23. The SMILES string of the molecule is NC(=NCc1cccc(NC(=O)c2ccco2)c1)Nc1ccccc1. The third-order valence-electron chi connectivity index (χ3n) is 3.41. The van der Waals surface area contributed by atoms with Crippen LogP contribution in [0.4, 0.5) is 11.4 Å². The highest BCUT2D eigenvalue weighted by Gasteiger charge is 2.08. The Labute approximate surface area is 145 Å². The van der Waals surface area contributed by atoms with Crippen LogP contribution in [0.25, 0.3) is 0 Å². The lowest BCUT2D eigenvalue weighted by molar-refractivity contribution is 0.0996. The molecule has 0 aliphatic carbocycles. The van der Waals surface area contributed by atoms with Gasteiger partial charge in [0.25, 0.3) is 5.91 Å². The molecular weight excluding hydrogens is 316 g/mol. The van der Waals surface area contributed by atoms with E-state index < -0.39 is 0 Å². The van der Waals surface area contributed by atoms with Gasteiger partial charge in [-0.25, -0.2) is 4.99 Å². The Morgan fingerprint density at radius 1 is 0.960 bits per heavy atom. The molecule has 4 N–H and O–H groups in total. The molecule has 0 radical (unpaired) electrons. The van der Waals surface area contributed by atoms with E-state index in [2.05, 4.69) is 15.6 Å². The number of hydrogen-bond acceptors (Lipinski definition) is 3. The highest BCUT2D eigenvalue weighted by atomic mass is 16.3. The van der Waals surface area contributed by atoms with Crippen molar-refractivity contribution < 1.29 is 9.21 Å². The summed E-state index contributed by atoms with van der Waals surface area (Å²) >= 11 is 0. The second-order valence-electron chi connectivity index (χ2n) is 5.32. The smallest absolute Gasteiger partial charge is 0.291 e. The normalized spacial score (nSPS) is 11.1. The highest BCUT2D eigenvalue weighted by molar-refractivity contribution is 6.02. The molecule has 126 valence electrons. The van der Waals surface area contributed by atoms with Gasteiger partial charge in [-0.15, -0.1) is 0 Å². The minimum Gasteiger partial charge on any atom is -0.459 e. The first kappa shape index (κ1) is 16.3. The van der Waals surface area contributed by atoms with Crippen LogP contribution in [0, 0.1) is 0 Å². The number of aliphatic imine (C=N–C) groups is 1. The van der Waals surface area contributed by atoms with Crippen LogP contribution >= 0.6 is 0 Å². The largest absolute Gasteiger partial charge is 0.459 e. The van der Waals surface area contributed by atoms with Crippen LogP contribution in [0.1, 0.15) is 16.1 Å². The standard InChI is InChI=1S/C19H18N4O2/c20-19(23-15-7-2-1-3-8-15)21-13-14-6-4-9-16(12-14)22-18(24)17-10-5-11-25-17/h1-12H,13H2,(H,22,24)(H3,20,21,23). The molecule has 1 heterocycles. The molecule has 0 spiro atoms. The molecule has 0 fully saturated rings. The van der Waals surface area contributed by atoms with Gasteiger partial charge < -0.3 is 20.8 Å². The maximum atomic E-state index is 12.0. The van der Waals surface area contributed by atoms with Crippen molar-refractivity contribution in [1.29, 1.82) is 0 Å². The van der Waals surface area contributed by atoms with E-state index in [1.165, 1.54) is 6.26 Å². The van der Waals surface area contributed by atoms with E-state index in [-0.39, 0.29) is 11.7 Å². The maximum Gasteiger partial charge on any atom is 0.291 e. The first-order valence-electron chi connectivity index (χ1n) is 7.76.